The number of amides is 1. The number of carbonyl (C=O) groups is 2. The lowest BCUT2D eigenvalue weighted by Gasteiger charge is -2.30. The van der Waals surface area contributed by atoms with Crippen LogP contribution in [0.1, 0.15) is 61.3 Å². The van der Waals surface area contributed by atoms with Crippen LogP contribution in [0.5, 0.6) is 0 Å². The van der Waals surface area contributed by atoms with Crippen molar-refractivity contribution in [3.63, 3.8) is 0 Å². The molecule has 2 aliphatic rings. The maximum absolute atomic E-state index is 14.0. The molecule has 2 aliphatic heterocycles. The van der Waals surface area contributed by atoms with Crippen molar-refractivity contribution < 1.29 is 14.3 Å². The largest absolute Gasteiger partial charge is 0.459 e. The number of likely N-dealkylation sites (N-methyl/N-ethyl adjacent to an activating group) is 1. The molecule has 2 aromatic carbocycles. The number of nitrogens with one attached hydrogen (secondary N) is 1. The molecule has 0 bridgehead atoms. The van der Waals surface area contributed by atoms with Gasteiger partial charge in [0.25, 0.3) is 5.91 Å². The summed E-state index contributed by atoms with van der Waals surface area (Å²) in [5, 5.41) is 1.06. The van der Waals surface area contributed by atoms with Crippen LogP contribution in [0.15, 0.2) is 54.7 Å². The van der Waals surface area contributed by atoms with Crippen molar-refractivity contribution in [1.29, 1.82) is 0 Å². The molecule has 39 heavy (non-hydrogen) atoms. The molecule has 7 nitrogen and oxygen atoms in total. The number of carbonyl (C=O) groups excluding carboxylic acids is 2. The second-order valence-electron chi connectivity index (χ2n) is 11.9. The highest BCUT2D eigenvalue weighted by atomic mass is 16.5. The number of aromatic amines is 1. The number of nitrogens with zero attached hydrogens (tertiary/aromatic N) is 3. The molecule has 5 rings (SSSR count). The highest BCUT2D eigenvalue weighted by Crippen LogP contribution is 2.40. The summed E-state index contributed by atoms with van der Waals surface area (Å²) in [5.74, 6) is -0.557. The number of rotatable bonds is 5. The molecule has 0 radical (unpaired) electrons. The molecule has 1 amide bonds. The molecular formula is C32H40N4O3. The van der Waals surface area contributed by atoms with Crippen molar-refractivity contribution in [3.8, 4) is 0 Å². The standard InChI is InChI=1S/C32H40N4O3/c1-22(2)39-31(38)26-20-36(21-32(3,4)28-25-12-6-7-13-27(25)33-29(26)28)30(37)24-11-8-10-23(18-24)19-35-15-9-14-34(5)16-17-35/h6-8,10-13,18,20,22,33H,9,14-17,19,21H2,1-5H3. The van der Waals surface area contributed by atoms with Crippen molar-refractivity contribution >= 4 is 28.4 Å². The van der Waals surface area contributed by atoms with Crippen LogP contribution < -0.4 is 0 Å². The first-order valence-electron chi connectivity index (χ1n) is 14.0. The number of esters is 1. The number of aromatic nitrogens is 1. The van der Waals surface area contributed by atoms with Gasteiger partial charge in [-0.3, -0.25) is 9.69 Å². The second-order valence-corrected chi connectivity index (χ2v) is 11.9. The fraction of sp³-hybridized carbons (Fsp3) is 0.438. The van der Waals surface area contributed by atoms with Gasteiger partial charge in [-0.2, -0.15) is 0 Å². The Hall–Kier alpha value is -3.42. The van der Waals surface area contributed by atoms with E-state index in [4.69, 9.17) is 4.74 Å². The Labute approximate surface area is 231 Å². The van der Waals surface area contributed by atoms with Crippen LogP contribution in [0.4, 0.5) is 0 Å². The van der Waals surface area contributed by atoms with Gasteiger partial charge >= 0.3 is 5.97 Å². The predicted octanol–water partition coefficient (Wildman–Crippen LogP) is 5.03. The summed E-state index contributed by atoms with van der Waals surface area (Å²) in [4.78, 5) is 37.4. The lowest BCUT2D eigenvalue weighted by Crippen LogP contribution is -2.37. The molecule has 1 N–H and O–H groups in total. The third-order valence-electron chi connectivity index (χ3n) is 7.72. The first-order valence-corrected chi connectivity index (χ1v) is 14.0. The molecule has 0 aliphatic carbocycles. The molecule has 1 fully saturated rings. The van der Waals surface area contributed by atoms with Crippen LogP contribution in [-0.4, -0.2) is 77.4 Å². The summed E-state index contributed by atoms with van der Waals surface area (Å²) in [6, 6.07) is 16.0. The minimum absolute atomic E-state index is 0.121. The highest BCUT2D eigenvalue weighted by molar-refractivity contribution is 6.18. The number of hydrogen-bond donors (Lipinski definition) is 1. The van der Waals surface area contributed by atoms with Gasteiger partial charge in [0.2, 0.25) is 0 Å². The van der Waals surface area contributed by atoms with E-state index in [1.165, 1.54) is 0 Å². The Balaban J connectivity index is 1.49. The van der Waals surface area contributed by atoms with Crippen LogP contribution in [0.2, 0.25) is 0 Å². The predicted molar refractivity (Wildman–Crippen MR) is 155 cm³/mol. The average Bonchev–Trinajstić information content (AvgIpc) is 3.10. The number of ether oxygens (including phenoxy) is 1. The molecule has 0 atom stereocenters. The number of benzene rings is 2. The zero-order valence-electron chi connectivity index (χ0n) is 23.8. The Bertz CT molecular complexity index is 1400. The number of hydrogen-bond acceptors (Lipinski definition) is 5. The van der Waals surface area contributed by atoms with Gasteiger partial charge < -0.3 is 19.5 Å². The van der Waals surface area contributed by atoms with E-state index in [2.05, 4.69) is 47.8 Å². The molecule has 7 heteroatoms. The van der Waals surface area contributed by atoms with Gasteiger partial charge in [-0.15, -0.1) is 0 Å². The summed E-state index contributed by atoms with van der Waals surface area (Å²) >= 11 is 0. The quantitative estimate of drug-likeness (QED) is 0.471. The molecule has 206 valence electrons. The molecule has 0 unspecified atom stereocenters. The van der Waals surface area contributed by atoms with Gasteiger partial charge in [0, 0.05) is 54.3 Å². The fourth-order valence-corrected chi connectivity index (χ4v) is 5.87. The maximum atomic E-state index is 14.0. The molecule has 1 saturated heterocycles. The van der Waals surface area contributed by atoms with E-state index in [-0.39, 0.29) is 12.0 Å². The number of fused-ring (bicyclic) bond motifs is 3. The van der Waals surface area contributed by atoms with E-state index >= 15 is 0 Å². The summed E-state index contributed by atoms with van der Waals surface area (Å²) in [6.45, 7) is 13.4. The van der Waals surface area contributed by atoms with Crippen molar-refractivity contribution in [3.05, 3.63) is 77.1 Å². The zero-order chi connectivity index (χ0) is 27.7. The molecular weight excluding hydrogens is 488 g/mol. The summed E-state index contributed by atoms with van der Waals surface area (Å²) in [7, 11) is 2.17. The Kier molecular flexibility index (Phi) is 7.65. The van der Waals surface area contributed by atoms with Crippen LogP contribution >= 0.6 is 0 Å². The fourth-order valence-electron chi connectivity index (χ4n) is 5.87. The number of para-hydroxylation sites is 1. The van der Waals surface area contributed by atoms with Crippen LogP contribution in [-0.2, 0) is 21.5 Å². The smallest absolute Gasteiger partial charge is 0.342 e. The Morgan fingerprint density at radius 2 is 1.82 bits per heavy atom. The van der Waals surface area contributed by atoms with Gasteiger partial charge in [0.1, 0.15) is 0 Å². The van der Waals surface area contributed by atoms with Gasteiger partial charge in [-0.1, -0.05) is 44.2 Å². The van der Waals surface area contributed by atoms with Gasteiger partial charge in [-0.05, 0) is 69.7 Å². The summed E-state index contributed by atoms with van der Waals surface area (Å²) in [5.41, 5.74) is 4.42. The van der Waals surface area contributed by atoms with E-state index in [1.54, 1.807) is 11.1 Å². The summed E-state index contributed by atoms with van der Waals surface area (Å²) in [6.07, 6.45) is 2.56. The topological polar surface area (TPSA) is 68.9 Å². The molecule has 3 aromatic rings. The Morgan fingerprint density at radius 1 is 1.03 bits per heavy atom. The minimum Gasteiger partial charge on any atom is -0.459 e. The Morgan fingerprint density at radius 3 is 2.62 bits per heavy atom. The van der Waals surface area contributed by atoms with Gasteiger partial charge in [-0.25, -0.2) is 4.79 Å². The van der Waals surface area contributed by atoms with Crippen molar-refractivity contribution in [2.24, 2.45) is 0 Å². The highest BCUT2D eigenvalue weighted by Gasteiger charge is 2.37. The van der Waals surface area contributed by atoms with Gasteiger partial charge in [0.05, 0.1) is 17.4 Å². The molecule has 3 heterocycles. The lowest BCUT2D eigenvalue weighted by atomic mass is 9.81. The first kappa shape index (κ1) is 27.2. The van der Waals surface area contributed by atoms with Crippen molar-refractivity contribution in [1.82, 2.24) is 19.7 Å². The average molecular weight is 529 g/mol. The van der Waals surface area contributed by atoms with E-state index in [9.17, 15) is 9.59 Å². The van der Waals surface area contributed by atoms with E-state index in [0.29, 0.717) is 17.7 Å². The van der Waals surface area contributed by atoms with Crippen LogP contribution in [0, 0.1) is 0 Å². The molecule has 0 saturated carbocycles. The minimum atomic E-state index is -0.437. The first-order chi connectivity index (χ1) is 18.6. The zero-order valence-corrected chi connectivity index (χ0v) is 23.8. The van der Waals surface area contributed by atoms with E-state index in [0.717, 1.165) is 66.9 Å². The third-order valence-corrected chi connectivity index (χ3v) is 7.72. The summed E-state index contributed by atoms with van der Waals surface area (Å²) < 4.78 is 5.65. The third kappa shape index (κ3) is 5.80. The van der Waals surface area contributed by atoms with Crippen molar-refractivity contribution in [2.75, 3.05) is 39.8 Å². The van der Waals surface area contributed by atoms with E-state index in [1.807, 2.05) is 50.2 Å². The molecule has 1 aromatic heterocycles. The normalized spacial score (nSPS) is 18.4. The lowest BCUT2D eigenvalue weighted by molar-refractivity contribution is -0.140. The SMILES string of the molecule is CC(C)OC(=O)C1=CN(C(=O)c2cccc(CN3CCCN(C)CC3)c2)CC(C)(C)c2c1[nH]c1ccccc21. The van der Waals surface area contributed by atoms with E-state index < -0.39 is 11.4 Å². The van der Waals surface area contributed by atoms with Gasteiger partial charge in [0.15, 0.2) is 0 Å². The molecule has 0 spiro atoms. The maximum Gasteiger partial charge on any atom is 0.342 e. The number of H-pyrrole nitrogens is 1. The monoisotopic (exact) mass is 528 g/mol. The van der Waals surface area contributed by atoms with Crippen LogP contribution in [0.3, 0.4) is 0 Å². The second kappa shape index (κ2) is 11.0. The van der Waals surface area contributed by atoms with Crippen molar-refractivity contribution in [2.45, 2.75) is 52.2 Å². The van der Waals surface area contributed by atoms with Crippen LogP contribution in [0.25, 0.3) is 16.5 Å².